The Balaban J connectivity index is 1.09. The molecular formula is C26H33ClN4O. The SMILES string of the molecule is O=C(CN1CCN(c2ccc(-c3ccccc3Cl)cc2)CC1)N1CCN(C2CCC2)CC1. The average Bonchev–Trinajstić information content (AvgIpc) is 2.79. The summed E-state index contributed by atoms with van der Waals surface area (Å²) >= 11 is 6.34. The van der Waals surface area contributed by atoms with E-state index in [9.17, 15) is 4.79 Å². The Morgan fingerprint density at radius 2 is 1.53 bits per heavy atom. The summed E-state index contributed by atoms with van der Waals surface area (Å²) in [6.45, 7) is 8.22. The van der Waals surface area contributed by atoms with Crippen LogP contribution in [0.25, 0.3) is 11.1 Å². The van der Waals surface area contributed by atoms with Crippen molar-refractivity contribution in [2.75, 3.05) is 63.8 Å². The first kappa shape index (κ1) is 21.7. The molecule has 1 amide bonds. The highest BCUT2D eigenvalue weighted by Crippen LogP contribution is 2.29. The molecular weight excluding hydrogens is 420 g/mol. The molecule has 0 aromatic heterocycles. The second-order valence-corrected chi connectivity index (χ2v) is 9.70. The van der Waals surface area contributed by atoms with Crippen molar-refractivity contribution in [1.82, 2.24) is 14.7 Å². The van der Waals surface area contributed by atoms with Gasteiger partial charge in [0.15, 0.2) is 0 Å². The third-order valence-corrected chi connectivity index (χ3v) is 7.74. The van der Waals surface area contributed by atoms with Crippen molar-refractivity contribution < 1.29 is 4.79 Å². The summed E-state index contributed by atoms with van der Waals surface area (Å²) in [5, 5.41) is 0.781. The van der Waals surface area contributed by atoms with Crippen LogP contribution < -0.4 is 4.90 Å². The number of benzene rings is 2. The van der Waals surface area contributed by atoms with Crippen LogP contribution in [0.15, 0.2) is 48.5 Å². The molecule has 0 radical (unpaired) electrons. The first-order valence-corrected chi connectivity index (χ1v) is 12.4. The van der Waals surface area contributed by atoms with E-state index in [1.165, 1.54) is 24.9 Å². The topological polar surface area (TPSA) is 30.0 Å². The lowest BCUT2D eigenvalue weighted by Crippen LogP contribution is -2.56. The van der Waals surface area contributed by atoms with Gasteiger partial charge in [0.1, 0.15) is 0 Å². The van der Waals surface area contributed by atoms with E-state index < -0.39 is 0 Å². The van der Waals surface area contributed by atoms with Crippen molar-refractivity contribution in [1.29, 1.82) is 0 Å². The molecule has 0 atom stereocenters. The van der Waals surface area contributed by atoms with Crippen LogP contribution in [0.4, 0.5) is 5.69 Å². The molecule has 2 aliphatic heterocycles. The Hall–Kier alpha value is -2.08. The molecule has 3 fully saturated rings. The van der Waals surface area contributed by atoms with Crippen molar-refractivity contribution in [3.63, 3.8) is 0 Å². The minimum absolute atomic E-state index is 0.302. The summed E-state index contributed by atoms with van der Waals surface area (Å²) in [6, 6.07) is 17.4. The van der Waals surface area contributed by atoms with Crippen LogP contribution in [0.2, 0.25) is 5.02 Å². The van der Waals surface area contributed by atoms with Gasteiger partial charge in [0.05, 0.1) is 6.54 Å². The number of piperazine rings is 2. The van der Waals surface area contributed by atoms with Crippen LogP contribution in [0.3, 0.4) is 0 Å². The highest BCUT2D eigenvalue weighted by atomic mass is 35.5. The Labute approximate surface area is 196 Å². The second-order valence-electron chi connectivity index (χ2n) is 9.29. The Morgan fingerprint density at radius 1 is 0.844 bits per heavy atom. The molecule has 1 saturated carbocycles. The van der Waals surface area contributed by atoms with Gasteiger partial charge in [-0.05, 0) is 36.6 Å². The third-order valence-electron chi connectivity index (χ3n) is 7.41. The standard InChI is InChI=1S/C26H33ClN4O/c27-25-7-2-1-6-24(25)21-8-10-23(11-9-21)29-14-12-28(13-15-29)20-26(32)31-18-16-30(17-19-31)22-4-3-5-22/h1-2,6-11,22H,3-5,12-20H2. The number of anilines is 1. The monoisotopic (exact) mass is 452 g/mol. The van der Waals surface area contributed by atoms with Crippen LogP contribution >= 0.6 is 11.6 Å². The maximum Gasteiger partial charge on any atom is 0.236 e. The molecule has 2 aromatic carbocycles. The van der Waals surface area contributed by atoms with E-state index in [-0.39, 0.29) is 0 Å². The van der Waals surface area contributed by atoms with Crippen molar-refractivity contribution in [3.8, 4) is 11.1 Å². The van der Waals surface area contributed by atoms with Crippen LogP contribution in [-0.4, -0.2) is 85.6 Å². The van der Waals surface area contributed by atoms with Gasteiger partial charge < -0.3 is 9.80 Å². The first-order chi connectivity index (χ1) is 15.7. The number of hydrogen-bond acceptors (Lipinski definition) is 4. The molecule has 2 heterocycles. The van der Waals surface area contributed by atoms with Crippen molar-refractivity contribution in [2.45, 2.75) is 25.3 Å². The number of carbonyl (C=O) groups is 1. The van der Waals surface area contributed by atoms with Crippen LogP contribution in [0, 0.1) is 0 Å². The van der Waals surface area contributed by atoms with E-state index in [1.807, 2.05) is 18.2 Å². The molecule has 170 valence electrons. The van der Waals surface area contributed by atoms with Crippen LogP contribution in [-0.2, 0) is 4.79 Å². The van der Waals surface area contributed by atoms with E-state index in [2.05, 4.69) is 49.9 Å². The number of nitrogens with zero attached hydrogens (tertiary/aromatic N) is 4. The zero-order chi connectivity index (χ0) is 21.9. The molecule has 0 N–H and O–H groups in total. The Kier molecular flexibility index (Phi) is 6.67. The Morgan fingerprint density at radius 3 is 2.16 bits per heavy atom. The number of carbonyl (C=O) groups excluding carboxylic acids is 1. The van der Waals surface area contributed by atoms with Gasteiger partial charge in [-0.2, -0.15) is 0 Å². The maximum atomic E-state index is 12.8. The van der Waals surface area contributed by atoms with Crippen LogP contribution in [0.1, 0.15) is 19.3 Å². The molecule has 0 spiro atoms. The van der Waals surface area contributed by atoms with E-state index >= 15 is 0 Å². The average molecular weight is 453 g/mol. The molecule has 1 aliphatic carbocycles. The number of amides is 1. The van der Waals surface area contributed by atoms with Gasteiger partial charge in [0.2, 0.25) is 5.91 Å². The van der Waals surface area contributed by atoms with Gasteiger partial charge in [-0.1, -0.05) is 48.4 Å². The lowest BCUT2D eigenvalue weighted by Gasteiger charge is -2.43. The van der Waals surface area contributed by atoms with E-state index in [0.29, 0.717) is 12.5 Å². The minimum atomic E-state index is 0.302. The highest BCUT2D eigenvalue weighted by molar-refractivity contribution is 6.33. The van der Waals surface area contributed by atoms with Gasteiger partial charge in [0, 0.05) is 74.7 Å². The zero-order valence-electron chi connectivity index (χ0n) is 18.8. The predicted octanol–water partition coefficient (Wildman–Crippen LogP) is 3.83. The zero-order valence-corrected chi connectivity index (χ0v) is 19.5. The van der Waals surface area contributed by atoms with Gasteiger partial charge in [0.25, 0.3) is 0 Å². The molecule has 5 rings (SSSR count). The number of rotatable bonds is 5. The predicted molar refractivity (Wildman–Crippen MR) is 131 cm³/mol. The maximum absolute atomic E-state index is 12.8. The lowest BCUT2D eigenvalue weighted by atomic mass is 9.91. The normalized spacial score (nSPS) is 20.9. The minimum Gasteiger partial charge on any atom is -0.369 e. The van der Waals surface area contributed by atoms with Crippen molar-refractivity contribution in [3.05, 3.63) is 53.6 Å². The van der Waals surface area contributed by atoms with E-state index in [1.54, 1.807) is 0 Å². The van der Waals surface area contributed by atoms with Gasteiger partial charge in [-0.25, -0.2) is 0 Å². The summed E-state index contributed by atoms with van der Waals surface area (Å²) in [6.07, 6.45) is 4.07. The second kappa shape index (κ2) is 9.82. The van der Waals surface area contributed by atoms with Crippen molar-refractivity contribution in [2.24, 2.45) is 0 Å². The molecule has 0 bridgehead atoms. The van der Waals surface area contributed by atoms with E-state index in [4.69, 9.17) is 11.6 Å². The number of halogens is 1. The van der Waals surface area contributed by atoms with Gasteiger partial charge in [-0.15, -0.1) is 0 Å². The molecule has 2 aromatic rings. The fourth-order valence-electron chi connectivity index (χ4n) is 5.09. The molecule has 3 aliphatic rings. The van der Waals surface area contributed by atoms with Crippen molar-refractivity contribution >= 4 is 23.2 Å². The largest absolute Gasteiger partial charge is 0.369 e. The third kappa shape index (κ3) is 4.80. The molecule has 0 unspecified atom stereocenters. The molecule has 5 nitrogen and oxygen atoms in total. The summed E-state index contributed by atoms with van der Waals surface area (Å²) in [5.74, 6) is 0.302. The summed E-state index contributed by atoms with van der Waals surface area (Å²) in [7, 11) is 0. The molecule has 32 heavy (non-hydrogen) atoms. The lowest BCUT2D eigenvalue weighted by molar-refractivity contribution is -0.134. The van der Waals surface area contributed by atoms with Gasteiger partial charge in [-0.3, -0.25) is 14.6 Å². The first-order valence-electron chi connectivity index (χ1n) is 12.0. The highest BCUT2D eigenvalue weighted by Gasteiger charge is 2.30. The van der Waals surface area contributed by atoms with Crippen LogP contribution in [0.5, 0.6) is 0 Å². The summed E-state index contributed by atoms with van der Waals surface area (Å²) in [5.41, 5.74) is 3.44. The molecule has 2 saturated heterocycles. The van der Waals surface area contributed by atoms with Gasteiger partial charge >= 0.3 is 0 Å². The Bertz CT molecular complexity index is 914. The summed E-state index contributed by atoms with van der Waals surface area (Å²) < 4.78 is 0. The fraction of sp³-hybridized carbons (Fsp3) is 0.500. The number of hydrogen-bond donors (Lipinski definition) is 0. The van der Waals surface area contributed by atoms with E-state index in [0.717, 1.165) is 74.5 Å². The fourth-order valence-corrected chi connectivity index (χ4v) is 5.34. The molecule has 6 heteroatoms. The summed E-state index contributed by atoms with van der Waals surface area (Å²) in [4.78, 5) is 22.2. The quantitative estimate of drug-likeness (QED) is 0.689. The smallest absolute Gasteiger partial charge is 0.236 e.